The molecular weight excluding hydrogens is 474 g/mol. The van der Waals surface area contributed by atoms with E-state index in [0.29, 0.717) is 32.2 Å². The van der Waals surface area contributed by atoms with E-state index in [-0.39, 0.29) is 18.3 Å². The van der Waals surface area contributed by atoms with Crippen LogP contribution in [0.5, 0.6) is 0 Å². The van der Waals surface area contributed by atoms with E-state index in [1.165, 1.54) is 0 Å². The van der Waals surface area contributed by atoms with Crippen molar-refractivity contribution in [2.45, 2.75) is 90.4 Å². The molecule has 0 saturated carbocycles. The van der Waals surface area contributed by atoms with E-state index in [4.69, 9.17) is 11.5 Å². The number of aliphatic carboxylic acids is 1. The molecule has 208 valence electrons. The highest BCUT2D eigenvalue weighted by atomic mass is 16.4. The van der Waals surface area contributed by atoms with Gasteiger partial charge in [-0.1, -0.05) is 77.3 Å². The third kappa shape index (κ3) is 10.9. The van der Waals surface area contributed by atoms with Gasteiger partial charge in [-0.15, -0.1) is 0 Å². The second kappa shape index (κ2) is 16.7. The lowest BCUT2D eigenvalue weighted by Crippen LogP contribution is -2.60. The molecule has 0 bridgehead atoms. The molecule has 8 N–H and O–H groups in total. The maximum atomic E-state index is 13.3. The number of carbonyl (C=O) groups is 4. The second-order valence-corrected chi connectivity index (χ2v) is 9.72. The Morgan fingerprint density at radius 1 is 0.838 bits per heavy atom. The van der Waals surface area contributed by atoms with Crippen LogP contribution in [0.2, 0.25) is 0 Å². The lowest BCUT2D eigenvalue weighted by atomic mass is 9.94. The average Bonchev–Trinajstić information content (AvgIpc) is 2.89. The van der Waals surface area contributed by atoms with E-state index in [1.54, 1.807) is 24.3 Å². The molecule has 6 atom stereocenters. The van der Waals surface area contributed by atoms with Crippen LogP contribution < -0.4 is 27.4 Å². The molecule has 3 amide bonds. The predicted molar refractivity (Wildman–Crippen MR) is 143 cm³/mol. The van der Waals surface area contributed by atoms with Gasteiger partial charge in [-0.2, -0.15) is 0 Å². The zero-order valence-electron chi connectivity index (χ0n) is 22.5. The van der Waals surface area contributed by atoms with Crippen LogP contribution in [0.1, 0.15) is 65.4 Å². The van der Waals surface area contributed by atoms with Gasteiger partial charge in [-0.25, -0.2) is 4.79 Å². The molecule has 0 aliphatic heterocycles. The fourth-order valence-corrected chi connectivity index (χ4v) is 3.86. The van der Waals surface area contributed by atoms with Gasteiger partial charge in [0.15, 0.2) is 0 Å². The van der Waals surface area contributed by atoms with Gasteiger partial charge in [-0.05, 0) is 36.8 Å². The van der Waals surface area contributed by atoms with Crippen LogP contribution in [-0.2, 0) is 25.6 Å². The summed E-state index contributed by atoms with van der Waals surface area (Å²) in [5, 5.41) is 17.8. The number of nitrogens with one attached hydrogen (secondary N) is 3. The molecule has 0 fully saturated rings. The lowest BCUT2D eigenvalue weighted by Gasteiger charge is -2.30. The van der Waals surface area contributed by atoms with E-state index in [0.717, 1.165) is 12.0 Å². The van der Waals surface area contributed by atoms with Crippen molar-refractivity contribution in [2.75, 3.05) is 6.54 Å². The smallest absolute Gasteiger partial charge is 0.326 e. The Labute approximate surface area is 220 Å². The Hall–Kier alpha value is -2.98. The fourth-order valence-electron chi connectivity index (χ4n) is 3.86. The molecule has 1 aromatic rings. The van der Waals surface area contributed by atoms with Crippen molar-refractivity contribution in [1.29, 1.82) is 0 Å². The molecule has 1 aromatic carbocycles. The number of nitrogens with two attached hydrogens (primary N) is 2. The number of carboxylic acid groups (broad SMARTS) is 1. The zero-order valence-corrected chi connectivity index (χ0v) is 22.5. The average molecular weight is 520 g/mol. The summed E-state index contributed by atoms with van der Waals surface area (Å²) in [6.07, 6.45) is 3.20. The van der Waals surface area contributed by atoms with E-state index < -0.39 is 47.9 Å². The molecule has 10 heteroatoms. The summed E-state index contributed by atoms with van der Waals surface area (Å²) < 4.78 is 0. The molecule has 10 nitrogen and oxygen atoms in total. The van der Waals surface area contributed by atoms with Crippen molar-refractivity contribution in [3.05, 3.63) is 35.9 Å². The number of carboxylic acids is 1. The molecule has 0 aliphatic rings. The van der Waals surface area contributed by atoms with Gasteiger partial charge < -0.3 is 32.5 Å². The maximum absolute atomic E-state index is 13.3. The van der Waals surface area contributed by atoms with E-state index in [9.17, 15) is 24.3 Å². The topological polar surface area (TPSA) is 177 Å². The van der Waals surface area contributed by atoms with Crippen molar-refractivity contribution < 1.29 is 24.3 Å². The van der Waals surface area contributed by atoms with Gasteiger partial charge in [0.1, 0.15) is 18.1 Å². The van der Waals surface area contributed by atoms with Gasteiger partial charge in [0.05, 0.1) is 6.04 Å². The van der Waals surface area contributed by atoms with Crippen molar-refractivity contribution in [1.82, 2.24) is 16.0 Å². The van der Waals surface area contributed by atoms with Crippen LogP contribution >= 0.6 is 0 Å². The summed E-state index contributed by atoms with van der Waals surface area (Å²) in [4.78, 5) is 51.1. The highest BCUT2D eigenvalue weighted by Crippen LogP contribution is 2.14. The monoisotopic (exact) mass is 519 g/mol. The lowest BCUT2D eigenvalue weighted by molar-refractivity contribution is -0.142. The van der Waals surface area contributed by atoms with Crippen LogP contribution in [0.3, 0.4) is 0 Å². The van der Waals surface area contributed by atoms with E-state index in [2.05, 4.69) is 16.0 Å². The number of carbonyl (C=O) groups excluding carboxylic acids is 3. The Bertz CT molecular complexity index is 866. The Morgan fingerprint density at radius 3 is 1.84 bits per heavy atom. The molecule has 0 aromatic heterocycles. The van der Waals surface area contributed by atoms with Gasteiger partial charge in [0.25, 0.3) is 0 Å². The number of rotatable bonds is 17. The fraction of sp³-hybridized carbons (Fsp3) is 0.630. The molecule has 0 aliphatic carbocycles. The normalized spacial score (nSPS) is 15.9. The zero-order chi connectivity index (χ0) is 28.0. The molecule has 0 radical (unpaired) electrons. The molecule has 6 unspecified atom stereocenters. The van der Waals surface area contributed by atoms with Crippen LogP contribution in [0, 0.1) is 11.8 Å². The highest BCUT2D eigenvalue weighted by Gasteiger charge is 2.34. The minimum atomic E-state index is -1.17. The predicted octanol–water partition coefficient (Wildman–Crippen LogP) is 1.32. The number of benzene rings is 1. The van der Waals surface area contributed by atoms with E-state index in [1.807, 2.05) is 33.8 Å². The van der Waals surface area contributed by atoms with Crippen molar-refractivity contribution in [2.24, 2.45) is 23.3 Å². The van der Waals surface area contributed by atoms with Crippen LogP contribution in [0.15, 0.2) is 30.3 Å². The van der Waals surface area contributed by atoms with Gasteiger partial charge in [0, 0.05) is 6.42 Å². The van der Waals surface area contributed by atoms with Crippen LogP contribution in [0.4, 0.5) is 0 Å². The minimum absolute atomic E-state index is 0.108. The van der Waals surface area contributed by atoms with Gasteiger partial charge >= 0.3 is 5.97 Å². The Balaban J connectivity index is 3.00. The summed E-state index contributed by atoms with van der Waals surface area (Å²) in [5.74, 6) is -3.19. The number of unbranched alkanes of at least 4 members (excludes halogenated alkanes) is 1. The van der Waals surface area contributed by atoms with Crippen LogP contribution in [-0.4, -0.2) is 59.5 Å². The SMILES string of the molecule is CCC(C)C(NC(=O)C(N)CCCCN)C(=O)NC(C(=O)NC(Cc1ccccc1)C(=O)O)C(C)CC. The molecule has 0 heterocycles. The van der Waals surface area contributed by atoms with Gasteiger partial charge in [0.2, 0.25) is 17.7 Å². The third-order valence-corrected chi connectivity index (χ3v) is 6.79. The highest BCUT2D eigenvalue weighted by molar-refractivity contribution is 5.94. The summed E-state index contributed by atoms with van der Waals surface area (Å²) in [7, 11) is 0. The number of hydrogen-bond donors (Lipinski definition) is 6. The first-order valence-corrected chi connectivity index (χ1v) is 13.2. The maximum Gasteiger partial charge on any atom is 0.326 e. The first kappa shape index (κ1) is 32.0. The van der Waals surface area contributed by atoms with E-state index >= 15 is 0 Å². The Kier molecular flexibility index (Phi) is 14.5. The van der Waals surface area contributed by atoms with Crippen LogP contribution in [0.25, 0.3) is 0 Å². The molecule has 0 spiro atoms. The summed E-state index contributed by atoms with van der Waals surface area (Å²) in [5.41, 5.74) is 12.3. The quantitative estimate of drug-likeness (QED) is 0.168. The first-order valence-electron chi connectivity index (χ1n) is 13.2. The molecule has 37 heavy (non-hydrogen) atoms. The first-order chi connectivity index (χ1) is 17.5. The molecule has 1 rings (SSSR count). The molecule has 0 saturated heterocycles. The Morgan fingerprint density at radius 2 is 1.35 bits per heavy atom. The number of amides is 3. The third-order valence-electron chi connectivity index (χ3n) is 6.79. The standard InChI is InChI=1S/C27H45N5O5/c1-5-17(3)22(25(34)30-21(27(36)37)16-19-12-8-7-9-13-19)32-26(35)23(18(4)6-2)31-24(33)20(29)14-10-11-15-28/h7-9,12-13,17-18,20-23H,5-6,10-11,14-16,28-29H2,1-4H3,(H,30,34)(H,31,33)(H,32,35)(H,36,37). The number of hydrogen-bond acceptors (Lipinski definition) is 6. The summed E-state index contributed by atoms with van der Waals surface area (Å²) in [6.45, 7) is 7.94. The summed E-state index contributed by atoms with van der Waals surface area (Å²) >= 11 is 0. The largest absolute Gasteiger partial charge is 0.480 e. The van der Waals surface area contributed by atoms with Gasteiger partial charge in [-0.3, -0.25) is 14.4 Å². The van der Waals surface area contributed by atoms with Crippen molar-refractivity contribution >= 4 is 23.7 Å². The van der Waals surface area contributed by atoms with Crippen molar-refractivity contribution in [3.63, 3.8) is 0 Å². The molecular formula is C27H45N5O5. The summed E-state index contributed by atoms with van der Waals surface area (Å²) in [6, 6.07) is 5.20. The van der Waals surface area contributed by atoms with Crippen molar-refractivity contribution in [3.8, 4) is 0 Å². The second-order valence-electron chi connectivity index (χ2n) is 9.72. The minimum Gasteiger partial charge on any atom is -0.480 e.